The lowest BCUT2D eigenvalue weighted by Gasteiger charge is -2.05. The summed E-state index contributed by atoms with van der Waals surface area (Å²) in [4.78, 5) is 0. The van der Waals surface area contributed by atoms with E-state index in [1.54, 1.807) is 0 Å². The van der Waals surface area contributed by atoms with Crippen LogP contribution in [0.1, 0.15) is 12.6 Å². The van der Waals surface area contributed by atoms with E-state index in [1.807, 2.05) is 12.3 Å². The van der Waals surface area contributed by atoms with Gasteiger partial charge in [0.1, 0.15) is 0 Å². The lowest BCUT2D eigenvalue weighted by molar-refractivity contribution is 0.982. The highest BCUT2D eigenvalue weighted by molar-refractivity contribution is 5.67. The lowest BCUT2D eigenvalue weighted by atomic mass is 10.1. The fourth-order valence-corrected chi connectivity index (χ4v) is 1.90. The Balaban J connectivity index is 2.54. The van der Waals surface area contributed by atoms with Gasteiger partial charge in [0.15, 0.2) is 0 Å². The van der Waals surface area contributed by atoms with E-state index < -0.39 is 0 Å². The minimum atomic E-state index is 1.02. The molecule has 2 rings (SSSR count). The summed E-state index contributed by atoms with van der Waals surface area (Å²) in [6, 6.07) is 12.6. The highest BCUT2D eigenvalue weighted by atomic mass is 14.9. The quantitative estimate of drug-likeness (QED) is 0.705. The molecule has 2 aromatic rings. The highest BCUT2D eigenvalue weighted by Crippen LogP contribution is 2.25. The van der Waals surface area contributed by atoms with E-state index >= 15 is 0 Å². The zero-order valence-electron chi connectivity index (χ0n) is 8.98. The first-order chi connectivity index (χ1) is 7.36. The van der Waals surface area contributed by atoms with Crippen molar-refractivity contribution in [3.8, 4) is 11.1 Å². The fraction of sp³-hybridized carbons (Fsp3) is 0.143. The maximum Gasteiger partial charge on any atom is 0.0296 e. The molecule has 1 heterocycles. The molecular formula is C14H15N. The molecule has 0 radical (unpaired) electrons. The van der Waals surface area contributed by atoms with E-state index in [0.717, 1.165) is 6.42 Å². The van der Waals surface area contributed by atoms with Crippen LogP contribution in [-0.2, 0) is 6.42 Å². The molecule has 1 aromatic carbocycles. The molecule has 0 aliphatic heterocycles. The zero-order valence-corrected chi connectivity index (χ0v) is 8.98. The summed E-state index contributed by atoms with van der Waals surface area (Å²) in [6.45, 7) is 5.98. The summed E-state index contributed by atoms with van der Waals surface area (Å²) in [7, 11) is 0. The number of hydrogen-bond acceptors (Lipinski definition) is 0. The van der Waals surface area contributed by atoms with Crippen molar-refractivity contribution in [1.82, 2.24) is 4.57 Å². The van der Waals surface area contributed by atoms with Gasteiger partial charge >= 0.3 is 0 Å². The van der Waals surface area contributed by atoms with Crippen molar-refractivity contribution in [3.05, 3.63) is 54.9 Å². The normalized spacial score (nSPS) is 10.2. The van der Waals surface area contributed by atoms with Gasteiger partial charge < -0.3 is 4.57 Å². The number of nitrogens with zero attached hydrogens (tertiary/aromatic N) is 1. The average molecular weight is 197 g/mol. The first kappa shape index (κ1) is 9.78. The van der Waals surface area contributed by atoms with Crippen LogP contribution < -0.4 is 0 Å². The highest BCUT2D eigenvalue weighted by Gasteiger charge is 2.06. The summed E-state index contributed by atoms with van der Waals surface area (Å²) >= 11 is 0. The Hall–Kier alpha value is -1.76. The van der Waals surface area contributed by atoms with Gasteiger partial charge in [-0.1, -0.05) is 43.8 Å². The molecule has 15 heavy (non-hydrogen) atoms. The van der Waals surface area contributed by atoms with Gasteiger partial charge in [-0.3, -0.25) is 0 Å². The smallest absolute Gasteiger partial charge is 0.0296 e. The standard InChI is InChI=1S/C14H15N/c1-3-14-13(10-11-15(14)4-2)12-8-6-5-7-9-12/h4-11H,2-3H2,1H3. The maximum atomic E-state index is 3.81. The topological polar surface area (TPSA) is 4.93 Å². The van der Waals surface area contributed by atoms with E-state index in [2.05, 4.69) is 54.6 Å². The van der Waals surface area contributed by atoms with Crippen molar-refractivity contribution < 1.29 is 0 Å². The van der Waals surface area contributed by atoms with Crippen LogP contribution in [0.3, 0.4) is 0 Å². The number of benzene rings is 1. The van der Waals surface area contributed by atoms with Gasteiger partial charge in [-0.15, -0.1) is 0 Å². The van der Waals surface area contributed by atoms with Crippen molar-refractivity contribution in [1.29, 1.82) is 0 Å². The van der Waals surface area contributed by atoms with Crippen molar-refractivity contribution in [2.45, 2.75) is 13.3 Å². The minimum absolute atomic E-state index is 1.02. The molecule has 0 saturated heterocycles. The molecule has 0 fully saturated rings. The number of hydrogen-bond donors (Lipinski definition) is 0. The monoisotopic (exact) mass is 197 g/mol. The fourth-order valence-electron chi connectivity index (χ4n) is 1.90. The molecular weight excluding hydrogens is 182 g/mol. The Labute approximate surface area is 90.7 Å². The third kappa shape index (κ3) is 1.73. The van der Waals surface area contributed by atoms with Crippen molar-refractivity contribution in [2.24, 2.45) is 0 Å². The second-order valence-corrected chi connectivity index (χ2v) is 3.49. The van der Waals surface area contributed by atoms with Crippen LogP contribution in [0.25, 0.3) is 17.3 Å². The lowest BCUT2D eigenvalue weighted by Crippen LogP contribution is -1.92. The van der Waals surface area contributed by atoms with Crippen LogP contribution >= 0.6 is 0 Å². The summed E-state index contributed by atoms with van der Waals surface area (Å²) in [5, 5.41) is 0. The number of rotatable bonds is 3. The Morgan fingerprint density at radius 2 is 1.93 bits per heavy atom. The van der Waals surface area contributed by atoms with Gasteiger partial charge in [0, 0.05) is 23.7 Å². The Morgan fingerprint density at radius 3 is 2.53 bits per heavy atom. The predicted octanol–water partition coefficient (Wildman–Crippen LogP) is 3.82. The van der Waals surface area contributed by atoms with E-state index in [1.165, 1.54) is 16.8 Å². The zero-order chi connectivity index (χ0) is 10.7. The minimum Gasteiger partial charge on any atom is -0.328 e. The van der Waals surface area contributed by atoms with Gasteiger partial charge in [0.05, 0.1) is 0 Å². The van der Waals surface area contributed by atoms with Gasteiger partial charge in [-0.05, 0) is 18.1 Å². The molecule has 0 saturated carbocycles. The number of aromatic nitrogens is 1. The Morgan fingerprint density at radius 1 is 1.20 bits per heavy atom. The predicted molar refractivity (Wildman–Crippen MR) is 65.6 cm³/mol. The van der Waals surface area contributed by atoms with E-state index in [-0.39, 0.29) is 0 Å². The second kappa shape index (κ2) is 4.18. The van der Waals surface area contributed by atoms with Gasteiger partial charge in [0.2, 0.25) is 0 Å². The van der Waals surface area contributed by atoms with Crippen molar-refractivity contribution in [2.75, 3.05) is 0 Å². The van der Waals surface area contributed by atoms with Crippen LogP contribution in [0.4, 0.5) is 0 Å². The molecule has 1 nitrogen and oxygen atoms in total. The largest absolute Gasteiger partial charge is 0.328 e. The molecule has 0 amide bonds. The summed E-state index contributed by atoms with van der Waals surface area (Å²) in [6.07, 6.45) is 4.93. The Bertz CT molecular complexity index is 451. The molecule has 0 spiro atoms. The molecule has 0 aliphatic rings. The average Bonchev–Trinajstić information content (AvgIpc) is 2.72. The van der Waals surface area contributed by atoms with E-state index in [4.69, 9.17) is 0 Å². The van der Waals surface area contributed by atoms with Crippen LogP contribution in [0.5, 0.6) is 0 Å². The Kier molecular flexibility index (Phi) is 2.72. The van der Waals surface area contributed by atoms with Crippen LogP contribution in [0.2, 0.25) is 0 Å². The first-order valence-electron chi connectivity index (χ1n) is 5.24. The molecule has 0 unspecified atom stereocenters. The summed E-state index contributed by atoms with van der Waals surface area (Å²) in [5.74, 6) is 0. The summed E-state index contributed by atoms with van der Waals surface area (Å²) in [5.41, 5.74) is 3.89. The molecule has 0 N–H and O–H groups in total. The van der Waals surface area contributed by atoms with Crippen molar-refractivity contribution in [3.63, 3.8) is 0 Å². The molecule has 1 aromatic heterocycles. The third-order valence-corrected chi connectivity index (χ3v) is 2.64. The molecule has 0 aliphatic carbocycles. The van der Waals surface area contributed by atoms with Gasteiger partial charge in [0.25, 0.3) is 0 Å². The second-order valence-electron chi connectivity index (χ2n) is 3.49. The molecule has 76 valence electrons. The maximum absolute atomic E-state index is 3.81. The SMILES string of the molecule is C=Cn1ccc(-c2ccccc2)c1CC. The molecule has 0 atom stereocenters. The van der Waals surface area contributed by atoms with Gasteiger partial charge in [-0.2, -0.15) is 0 Å². The van der Waals surface area contributed by atoms with Crippen LogP contribution in [0.15, 0.2) is 49.2 Å². The molecule has 0 bridgehead atoms. The van der Waals surface area contributed by atoms with Crippen molar-refractivity contribution >= 4 is 6.20 Å². The van der Waals surface area contributed by atoms with Crippen LogP contribution in [-0.4, -0.2) is 4.57 Å². The first-order valence-corrected chi connectivity index (χ1v) is 5.24. The van der Waals surface area contributed by atoms with Gasteiger partial charge in [-0.25, -0.2) is 0 Å². The third-order valence-electron chi connectivity index (χ3n) is 2.64. The summed E-state index contributed by atoms with van der Waals surface area (Å²) < 4.78 is 2.09. The van der Waals surface area contributed by atoms with Crippen LogP contribution in [0, 0.1) is 0 Å². The van der Waals surface area contributed by atoms with E-state index in [9.17, 15) is 0 Å². The molecule has 1 heteroatoms. The van der Waals surface area contributed by atoms with E-state index in [0.29, 0.717) is 0 Å².